The zero-order chi connectivity index (χ0) is 20.0. The molecule has 6 nitrogen and oxygen atoms in total. The van der Waals surface area contributed by atoms with Crippen LogP contribution in [0.2, 0.25) is 0 Å². The van der Waals surface area contributed by atoms with Crippen LogP contribution in [-0.2, 0) is 22.5 Å². The fourth-order valence-corrected chi connectivity index (χ4v) is 3.56. The predicted molar refractivity (Wildman–Crippen MR) is 105 cm³/mol. The second kappa shape index (κ2) is 9.41. The number of hydrogen-bond acceptors (Lipinski definition) is 6. The number of ether oxygens (including phenoxy) is 3. The van der Waals surface area contributed by atoms with Crippen LogP contribution < -0.4 is 14.8 Å². The molecule has 1 aromatic heterocycles. The lowest BCUT2D eigenvalue weighted by Gasteiger charge is -2.14. The molecule has 0 unspecified atom stereocenters. The van der Waals surface area contributed by atoms with Crippen molar-refractivity contribution in [3.05, 3.63) is 45.1 Å². The summed E-state index contributed by atoms with van der Waals surface area (Å²) in [7, 11) is 3.12. The van der Waals surface area contributed by atoms with E-state index < -0.39 is 12.1 Å². The molecule has 2 aromatic rings. The van der Waals surface area contributed by atoms with Crippen LogP contribution >= 0.6 is 11.3 Å². The predicted octanol–water partition coefficient (Wildman–Crippen LogP) is 3.50. The first kappa shape index (κ1) is 20.8. The van der Waals surface area contributed by atoms with Gasteiger partial charge in [0, 0.05) is 11.4 Å². The second-order valence-corrected chi connectivity index (χ2v) is 7.16. The van der Waals surface area contributed by atoms with Crippen molar-refractivity contribution in [2.45, 2.75) is 39.8 Å². The van der Waals surface area contributed by atoms with Crippen LogP contribution in [0.5, 0.6) is 11.5 Å². The van der Waals surface area contributed by atoms with Crippen molar-refractivity contribution < 1.29 is 23.8 Å². The first-order chi connectivity index (χ1) is 12.9. The van der Waals surface area contributed by atoms with E-state index in [2.05, 4.69) is 5.32 Å². The van der Waals surface area contributed by atoms with Crippen molar-refractivity contribution >= 4 is 23.2 Å². The largest absolute Gasteiger partial charge is 0.493 e. The van der Waals surface area contributed by atoms with Crippen LogP contribution in [0.25, 0.3) is 0 Å². The molecule has 0 bridgehead atoms. The van der Waals surface area contributed by atoms with Gasteiger partial charge in [-0.2, -0.15) is 0 Å². The highest BCUT2D eigenvalue weighted by Gasteiger charge is 2.20. The van der Waals surface area contributed by atoms with Gasteiger partial charge in [-0.25, -0.2) is 4.79 Å². The van der Waals surface area contributed by atoms with Crippen LogP contribution in [0.15, 0.2) is 24.3 Å². The van der Waals surface area contributed by atoms with Crippen molar-refractivity contribution in [3.8, 4) is 11.5 Å². The molecule has 27 heavy (non-hydrogen) atoms. The topological polar surface area (TPSA) is 73.9 Å². The minimum absolute atomic E-state index is 0.291. The normalized spacial score (nSPS) is 11.6. The van der Waals surface area contributed by atoms with Gasteiger partial charge in [0.2, 0.25) is 0 Å². The molecular weight excluding hydrogens is 366 g/mol. The summed E-state index contributed by atoms with van der Waals surface area (Å²) in [4.78, 5) is 26.2. The molecule has 7 heteroatoms. The molecule has 0 aliphatic heterocycles. The van der Waals surface area contributed by atoms with Gasteiger partial charge in [0.05, 0.1) is 14.2 Å². The molecule has 1 aromatic carbocycles. The van der Waals surface area contributed by atoms with Gasteiger partial charge in [-0.05, 0) is 49.6 Å². The molecular formula is C20H25NO5S. The lowest BCUT2D eigenvalue weighted by molar-refractivity contribution is -0.129. The summed E-state index contributed by atoms with van der Waals surface area (Å²) in [5.41, 5.74) is 1.92. The highest BCUT2D eigenvalue weighted by Crippen LogP contribution is 2.27. The van der Waals surface area contributed by atoms with E-state index in [0.717, 1.165) is 22.4 Å². The first-order valence-electron chi connectivity index (χ1n) is 8.68. The number of thiophene rings is 1. The highest BCUT2D eigenvalue weighted by atomic mass is 32.1. The van der Waals surface area contributed by atoms with Gasteiger partial charge in [-0.3, -0.25) is 4.79 Å². The number of methoxy groups -OCH3 is 2. The van der Waals surface area contributed by atoms with Crippen molar-refractivity contribution in [2.24, 2.45) is 0 Å². The number of carbonyl (C=O) groups is 2. The number of carbonyl (C=O) groups excluding carboxylic acids is 2. The SMILES string of the molecule is CCc1sc(C(=O)O[C@H](C)C(=O)NCc2ccc(OC)c(OC)c2)cc1C. The molecule has 0 fully saturated rings. The average molecular weight is 391 g/mol. The molecule has 0 saturated carbocycles. The second-order valence-electron chi connectivity index (χ2n) is 6.03. The number of esters is 1. The molecule has 0 aliphatic rings. The summed E-state index contributed by atoms with van der Waals surface area (Å²) in [5.74, 6) is 0.370. The van der Waals surface area contributed by atoms with E-state index in [0.29, 0.717) is 22.9 Å². The molecule has 0 aliphatic carbocycles. The third kappa shape index (κ3) is 5.23. The number of aryl methyl sites for hydroxylation is 2. The standard InChI is InChI=1S/C20H25NO5S/c1-6-17-12(2)9-18(27-17)20(23)26-13(3)19(22)21-11-14-7-8-15(24-4)16(10-14)25-5/h7-10,13H,6,11H2,1-5H3,(H,21,22)/t13-/m1/s1. The summed E-state index contributed by atoms with van der Waals surface area (Å²) in [6, 6.07) is 7.20. The van der Waals surface area contributed by atoms with Crippen molar-refractivity contribution in [1.29, 1.82) is 0 Å². The number of rotatable bonds is 8. The van der Waals surface area contributed by atoms with Gasteiger partial charge in [-0.15, -0.1) is 11.3 Å². The maximum Gasteiger partial charge on any atom is 0.349 e. The minimum Gasteiger partial charge on any atom is -0.493 e. The molecule has 1 N–H and O–H groups in total. The lowest BCUT2D eigenvalue weighted by atomic mass is 10.2. The van der Waals surface area contributed by atoms with E-state index in [-0.39, 0.29) is 5.91 Å². The van der Waals surface area contributed by atoms with Gasteiger partial charge < -0.3 is 19.5 Å². The Balaban J connectivity index is 1.92. The molecule has 0 saturated heterocycles. The summed E-state index contributed by atoms with van der Waals surface area (Å²) < 4.78 is 15.7. The monoisotopic (exact) mass is 391 g/mol. The maximum atomic E-state index is 12.2. The molecule has 146 valence electrons. The Hall–Kier alpha value is -2.54. The Labute approximate surface area is 163 Å². The Morgan fingerprint density at radius 2 is 1.85 bits per heavy atom. The van der Waals surface area contributed by atoms with Crippen LogP contribution in [-0.4, -0.2) is 32.2 Å². The molecule has 2 rings (SSSR count). The first-order valence-corrected chi connectivity index (χ1v) is 9.50. The number of hydrogen-bond donors (Lipinski definition) is 1. The van der Waals surface area contributed by atoms with E-state index in [1.807, 2.05) is 19.9 Å². The smallest absolute Gasteiger partial charge is 0.349 e. The van der Waals surface area contributed by atoms with Crippen molar-refractivity contribution in [2.75, 3.05) is 14.2 Å². The van der Waals surface area contributed by atoms with Crippen LogP contribution in [0.4, 0.5) is 0 Å². The fraction of sp³-hybridized carbons (Fsp3) is 0.400. The quantitative estimate of drug-likeness (QED) is 0.697. The van der Waals surface area contributed by atoms with Gasteiger partial charge >= 0.3 is 5.97 Å². The van der Waals surface area contributed by atoms with Gasteiger partial charge in [0.15, 0.2) is 17.6 Å². The highest BCUT2D eigenvalue weighted by molar-refractivity contribution is 7.14. The van der Waals surface area contributed by atoms with E-state index >= 15 is 0 Å². The van der Waals surface area contributed by atoms with Crippen molar-refractivity contribution in [3.63, 3.8) is 0 Å². The average Bonchev–Trinajstić information content (AvgIpc) is 3.06. The zero-order valence-corrected chi connectivity index (χ0v) is 17.1. The molecule has 0 spiro atoms. The number of amides is 1. The Kier molecular flexibility index (Phi) is 7.24. The van der Waals surface area contributed by atoms with Crippen molar-refractivity contribution in [1.82, 2.24) is 5.32 Å². The Bertz CT molecular complexity index is 815. The summed E-state index contributed by atoms with van der Waals surface area (Å²) >= 11 is 1.41. The Morgan fingerprint density at radius 3 is 2.44 bits per heavy atom. The molecule has 0 radical (unpaired) electrons. The summed E-state index contributed by atoms with van der Waals surface area (Å²) in [5, 5.41) is 2.76. The fourth-order valence-electron chi connectivity index (χ4n) is 2.57. The van der Waals surface area contributed by atoms with Crippen LogP contribution in [0, 0.1) is 6.92 Å². The van der Waals surface area contributed by atoms with Gasteiger partial charge in [-0.1, -0.05) is 13.0 Å². The maximum absolute atomic E-state index is 12.2. The van der Waals surface area contributed by atoms with Crippen LogP contribution in [0.1, 0.15) is 39.5 Å². The number of nitrogens with one attached hydrogen (secondary N) is 1. The lowest BCUT2D eigenvalue weighted by Crippen LogP contribution is -2.35. The third-order valence-electron chi connectivity index (χ3n) is 4.11. The van der Waals surface area contributed by atoms with Gasteiger partial charge in [0.25, 0.3) is 5.91 Å². The third-order valence-corrected chi connectivity index (χ3v) is 5.47. The minimum atomic E-state index is -0.884. The summed E-state index contributed by atoms with van der Waals surface area (Å²) in [6.45, 7) is 5.85. The number of benzene rings is 1. The molecule has 1 amide bonds. The zero-order valence-electron chi connectivity index (χ0n) is 16.3. The Morgan fingerprint density at radius 1 is 1.15 bits per heavy atom. The van der Waals surface area contributed by atoms with Gasteiger partial charge in [0.1, 0.15) is 4.88 Å². The van der Waals surface area contributed by atoms with E-state index in [9.17, 15) is 9.59 Å². The van der Waals surface area contributed by atoms with Crippen LogP contribution in [0.3, 0.4) is 0 Å². The molecule has 1 atom stereocenters. The van der Waals surface area contributed by atoms with E-state index in [1.165, 1.54) is 11.3 Å². The molecule has 1 heterocycles. The van der Waals surface area contributed by atoms with E-state index in [1.54, 1.807) is 39.3 Å². The summed E-state index contributed by atoms with van der Waals surface area (Å²) in [6.07, 6.45) is -0.0179. The van der Waals surface area contributed by atoms with E-state index in [4.69, 9.17) is 14.2 Å².